The summed E-state index contributed by atoms with van der Waals surface area (Å²) in [6.45, 7) is 3.50. The maximum absolute atomic E-state index is 15.2. The van der Waals surface area contributed by atoms with E-state index in [0.717, 1.165) is 17.9 Å². The number of carbonyl (C=O) groups excluding carboxylic acids is 7. The largest absolute Gasteiger partial charge is 0.376 e. The van der Waals surface area contributed by atoms with Crippen molar-refractivity contribution in [3.8, 4) is 28.1 Å². The second-order valence-corrected chi connectivity index (χ2v) is 22.8. The number of hydrazine groups is 1. The first-order valence-corrected chi connectivity index (χ1v) is 29.0. The van der Waals surface area contributed by atoms with Crippen LogP contribution in [0.3, 0.4) is 0 Å². The summed E-state index contributed by atoms with van der Waals surface area (Å²) in [4.78, 5) is 107. The Morgan fingerprint density at radius 2 is 1.36 bits per heavy atom. The second kappa shape index (κ2) is 23.5. The Morgan fingerprint density at radius 3 is 1.97 bits per heavy atom. The molecule has 5 atom stereocenters. The molecule has 7 N–H and O–H groups in total. The molecule has 6 aromatic heterocycles. The summed E-state index contributed by atoms with van der Waals surface area (Å²) in [6.07, 6.45) is 3.86. The van der Waals surface area contributed by atoms with E-state index in [4.69, 9.17) is 16.5 Å². The number of alkyl halides is 2. The van der Waals surface area contributed by atoms with E-state index in [-0.39, 0.29) is 67.2 Å². The van der Waals surface area contributed by atoms with Gasteiger partial charge in [0.2, 0.25) is 29.5 Å². The number of aryl methyl sites for hydroxylation is 1. The molecule has 3 saturated heterocycles. The van der Waals surface area contributed by atoms with Gasteiger partial charge in [0, 0.05) is 77.5 Å². The number of pyridine rings is 2. The second-order valence-electron chi connectivity index (χ2n) is 22.8. The molecule has 9 aromatic rings. The fraction of sp³-hybridized carbons (Fsp3) is 0.274. The molecule has 0 aliphatic carbocycles. The third kappa shape index (κ3) is 11.3. The Hall–Kier alpha value is -11.2. The van der Waals surface area contributed by atoms with Crippen molar-refractivity contribution in [1.29, 1.82) is 0 Å². The number of hydrogen-bond donors (Lipinski definition) is 5. The number of likely N-dealkylation sites (tertiary alicyclic amines) is 2. The SMILES string of the molecule is Cc1cc(NC(=O)C2CC(F)CN2C(=O)Cn2nc(C(N)=O)c3cc(-c4cnnc(-[n+]5ccc(-c6ccc7c(c6)c(C(N)=O)nn7CC(=O)N6CC(F)CC6C(=O)Nc6cccnc6N6NC(=O)CC6C)cn5)c4)ccc32)cc(N2CCc3ccccc3C2)n1. The molecular formula is C62H58F2N19O7+. The Labute approximate surface area is 510 Å². The predicted octanol–water partition coefficient (Wildman–Crippen LogP) is 3.83. The number of fused-ring (bicyclic) bond motifs is 3. The van der Waals surface area contributed by atoms with Gasteiger partial charge in [0.1, 0.15) is 49.5 Å². The van der Waals surface area contributed by atoms with E-state index >= 15 is 8.78 Å². The molecule has 456 valence electrons. The van der Waals surface area contributed by atoms with Crippen LogP contribution in [0.5, 0.6) is 0 Å². The number of benzene rings is 3. The number of aromatic nitrogens is 10. The highest BCUT2D eigenvalue weighted by Crippen LogP contribution is 2.33. The topological polar surface area (TPSA) is 325 Å². The summed E-state index contributed by atoms with van der Waals surface area (Å²) >= 11 is 0. The van der Waals surface area contributed by atoms with E-state index in [1.165, 1.54) is 47.5 Å². The van der Waals surface area contributed by atoms with Gasteiger partial charge in [-0.05, 0) is 96.2 Å². The predicted molar refractivity (Wildman–Crippen MR) is 322 cm³/mol. The normalized spacial score (nSPS) is 18.9. The van der Waals surface area contributed by atoms with Gasteiger partial charge in [-0.2, -0.15) is 10.2 Å². The van der Waals surface area contributed by atoms with Crippen LogP contribution < -0.4 is 42.1 Å². The zero-order valence-electron chi connectivity index (χ0n) is 48.5. The molecule has 0 bridgehead atoms. The lowest BCUT2D eigenvalue weighted by molar-refractivity contribution is -0.663. The molecule has 4 aliphatic heterocycles. The van der Waals surface area contributed by atoms with Gasteiger partial charge in [-0.25, -0.2) is 18.7 Å². The number of amides is 7. The van der Waals surface area contributed by atoms with Gasteiger partial charge in [0.15, 0.2) is 17.2 Å². The molecule has 10 heterocycles. The first-order chi connectivity index (χ1) is 43.4. The summed E-state index contributed by atoms with van der Waals surface area (Å²) in [6, 6.07) is 26.0. The molecule has 13 rings (SSSR count). The van der Waals surface area contributed by atoms with Gasteiger partial charge in [0.05, 0.1) is 59.8 Å². The number of rotatable bonds is 15. The van der Waals surface area contributed by atoms with Crippen molar-refractivity contribution >= 4 is 86.2 Å². The minimum absolute atomic E-state index is 0.118. The fourth-order valence-electron chi connectivity index (χ4n) is 12.3. The maximum atomic E-state index is 15.2. The Kier molecular flexibility index (Phi) is 15.1. The van der Waals surface area contributed by atoms with E-state index < -0.39 is 73.0 Å². The molecule has 0 radical (unpaired) electrons. The number of nitrogens with one attached hydrogen (secondary N) is 3. The molecule has 5 unspecified atom stereocenters. The van der Waals surface area contributed by atoms with Gasteiger partial charge in [-0.15, -0.1) is 0 Å². The van der Waals surface area contributed by atoms with Crippen LogP contribution in [-0.2, 0) is 50.0 Å². The highest BCUT2D eigenvalue weighted by atomic mass is 19.1. The average molecular weight is 1220 g/mol. The van der Waals surface area contributed by atoms with E-state index in [1.807, 2.05) is 26.0 Å². The fourth-order valence-corrected chi connectivity index (χ4v) is 12.3. The molecule has 90 heavy (non-hydrogen) atoms. The van der Waals surface area contributed by atoms with Crippen LogP contribution in [0.4, 0.5) is 31.8 Å². The first kappa shape index (κ1) is 57.9. The number of hydrogen-bond acceptors (Lipinski definition) is 16. The molecule has 3 aromatic carbocycles. The lowest BCUT2D eigenvalue weighted by Gasteiger charge is -2.30. The number of nitrogens with zero attached hydrogens (tertiary/aromatic N) is 14. The molecule has 0 saturated carbocycles. The third-order valence-corrected chi connectivity index (χ3v) is 16.6. The van der Waals surface area contributed by atoms with Gasteiger partial charge in [-0.1, -0.05) is 46.2 Å². The van der Waals surface area contributed by atoms with E-state index in [9.17, 15) is 33.6 Å². The highest BCUT2D eigenvalue weighted by molar-refractivity contribution is 6.07. The van der Waals surface area contributed by atoms with E-state index in [1.54, 1.807) is 85.2 Å². The van der Waals surface area contributed by atoms with Gasteiger partial charge < -0.3 is 36.8 Å². The third-order valence-electron chi connectivity index (χ3n) is 16.6. The van der Waals surface area contributed by atoms with Crippen LogP contribution in [-0.4, -0.2) is 146 Å². The van der Waals surface area contributed by atoms with E-state index in [0.29, 0.717) is 73.6 Å². The van der Waals surface area contributed by atoms with Crippen LogP contribution in [0, 0.1) is 6.92 Å². The minimum Gasteiger partial charge on any atom is -0.364 e. The van der Waals surface area contributed by atoms with Crippen molar-refractivity contribution in [3.63, 3.8) is 0 Å². The number of nitrogens with two attached hydrogens (primary N) is 2. The molecule has 28 heteroatoms. The first-order valence-electron chi connectivity index (χ1n) is 29.0. The van der Waals surface area contributed by atoms with Crippen LogP contribution >= 0.6 is 0 Å². The lowest BCUT2D eigenvalue weighted by atomic mass is 10.00. The minimum atomic E-state index is -1.50. The highest BCUT2D eigenvalue weighted by Gasteiger charge is 2.42. The zero-order chi connectivity index (χ0) is 62.6. The number of anilines is 4. The van der Waals surface area contributed by atoms with Gasteiger partial charge >= 0.3 is 5.82 Å². The molecule has 26 nitrogen and oxygen atoms in total. The Morgan fingerprint density at radius 1 is 0.722 bits per heavy atom. The maximum Gasteiger partial charge on any atom is 0.376 e. The van der Waals surface area contributed by atoms with Crippen molar-refractivity contribution in [1.82, 2.24) is 60.1 Å². The standard InChI is InChI=1S/C62H57F2N19O7/c1-33-18-43(25-51(70-33)77-16-13-35-6-3-4-7-39(35)28-77)71-61(89)49-23-41(63)29-78(49)54(85)31-82-48-12-10-37(21-45(48)57(76-82)59(66)88)40-22-52(73-68-26-40)80-17-14-38(27-69-80)36-9-11-47-44(20-36)56(58(65)87)75-81(47)32-55(86)79-30-42(64)24-50(79)62(90)72-46-8-5-15-67-60(46)83-34(2)19-53(84)74-83/h3-12,14-15,17-18,20-22,25-27,34,41-42,49-50H,13,16,19,23-24,28-32H2,1-2H3,(H6-,65,66,70,71,72,74,84,87,88,89,90)/p+1. The average Bonchev–Trinajstić information content (AvgIpc) is 1.69. The Bertz CT molecular complexity index is 4430. The smallest absolute Gasteiger partial charge is 0.364 e. The van der Waals surface area contributed by atoms with Crippen LogP contribution in [0.2, 0.25) is 0 Å². The molecule has 0 spiro atoms. The van der Waals surface area contributed by atoms with Crippen molar-refractivity contribution < 1.29 is 47.0 Å². The van der Waals surface area contributed by atoms with Crippen molar-refractivity contribution in [3.05, 3.63) is 150 Å². The van der Waals surface area contributed by atoms with Crippen molar-refractivity contribution in [2.24, 2.45) is 11.5 Å². The summed E-state index contributed by atoms with van der Waals surface area (Å²) in [7, 11) is 0. The summed E-state index contributed by atoms with van der Waals surface area (Å²) in [5, 5.41) is 29.8. The molecular weight excluding hydrogens is 1160 g/mol. The quantitative estimate of drug-likeness (QED) is 0.0911. The number of carbonyl (C=O) groups is 7. The van der Waals surface area contributed by atoms with Gasteiger partial charge in [0.25, 0.3) is 11.8 Å². The Balaban J connectivity index is 0.683. The number of primary amides is 2. The molecule has 7 amide bonds. The monoisotopic (exact) mass is 1220 g/mol. The zero-order valence-corrected chi connectivity index (χ0v) is 48.5. The van der Waals surface area contributed by atoms with E-state index in [2.05, 4.69) is 63.6 Å². The summed E-state index contributed by atoms with van der Waals surface area (Å²) in [5.74, 6) is -3.08. The van der Waals surface area contributed by atoms with Crippen molar-refractivity contribution in [2.75, 3.05) is 40.2 Å². The molecule has 3 fully saturated rings. The lowest BCUT2D eigenvalue weighted by Crippen LogP contribution is -2.45. The van der Waals surface area contributed by atoms with Crippen molar-refractivity contribution in [2.45, 2.75) is 89.6 Å². The van der Waals surface area contributed by atoms with Gasteiger partial charge in [-0.3, -0.25) is 53.4 Å². The molecule has 4 aliphatic rings. The van der Waals surface area contributed by atoms with Crippen LogP contribution in [0.25, 0.3) is 49.9 Å². The number of halogens is 2. The summed E-state index contributed by atoms with van der Waals surface area (Å²) in [5.41, 5.74) is 21.1. The van der Waals surface area contributed by atoms with Crippen LogP contribution in [0.15, 0.2) is 122 Å². The summed E-state index contributed by atoms with van der Waals surface area (Å²) < 4.78 is 34.4. The van der Waals surface area contributed by atoms with Crippen LogP contribution in [0.1, 0.15) is 64.0 Å².